The van der Waals surface area contributed by atoms with Gasteiger partial charge in [-0.25, -0.2) is 4.39 Å². The molecule has 0 bridgehead atoms. The van der Waals surface area contributed by atoms with Gasteiger partial charge in [-0.05, 0) is 43.2 Å². The number of allylic oxidation sites excluding steroid dienone is 2. The van der Waals surface area contributed by atoms with Crippen molar-refractivity contribution < 1.29 is 23.8 Å². The van der Waals surface area contributed by atoms with E-state index < -0.39 is 17.8 Å². The maximum absolute atomic E-state index is 14.3. The summed E-state index contributed by atoms with van der Waals surface area (Å²) in [5.74, 6) is -1.59. The van der Waals surface area contributed by atoms with Crippen LogP contribution >= 0.6 is 11.3 Å². The van der Waals surface area contributed by atoms with Crippen molar-refractivity contribution in [3.8, 4) is 0 Å². The van der Waals surface area contributed by atoms with Crippen LogP contribution in [-0.4, -0.2) is 35.0 Å². The van der Waals surface area contributed by atoms with Crippen molar-refractivity contribution >= 4 is 23.2 Å². The van der Waals surface area contributed by atoms with E-state index in [1.54, 1.807) is 13.0 Å². The van der Waals surface area contributed by atoms with E-state index in [1.165, 1.54) is 29.4 Å². The van der Waals surface area contributed by atoms with Crippen LogP contribution < -0.4 is 0 Å². The molecule has 1 atom stereocenters. The minimum Gasteiger partial charge on any atom is -0.494 e. The molecule has 1 N–H and O–H groups in total. The first-order valence-electron chi connectivity index (χ1n) is 7.79. The van der Waals surface area contributed by atoms with E-state index in [0.29, 0.717) is 21.7 Å². The Kier molecular flexibility index (Phi) is 4.51. The van der Waals surface area contributed by atoms with E-state index >= 15 is 0 Å². The largest absolute Gasteiger partial charge is 0.494 e. The highest BCUT2D eigenvalue weighted by Gasteiger charge is 2.42. The Hall–Kier alpha value is -2.41. The summed E-state index contributed by atoms with van der Waals surface area (Å²) in [5.41, 5.74) is 1.74. The van der Waals surface area contributed by atoms with Crippen molar-refractivity contribution in [2.45, 2.75) is 32.7 Å². The quantitative estimate of drug-likeness (QED) is 0.884. The number of fused-ring (bicyclic) bond motifs is 1. The van der Waals surface area contributed by atoms with Gasteiger partial charge in [-0.3, -0.25) is 9.59 Å². The second kappa shape index (κ2) is 6.48. The Morgan fingerprint density at radius 2 is 2.12 bits per heavy atom. The summed E-state index contributed by atoms with van der Waals surface area (Å²) in [7, 11) is 1.37. The topological polar surface area (TPSA) is 66.8 Å². The molecule has 1 aliphatic carbocycles. The molecule has 0 saturated heterocycles. The number of amides is 1. The van der Waals surface area contributed by atoms with Crippen LogP contribution in [0.15, 0.2) is 46.6 Å². The summed E-state index contributed by atoms with van der Waals surface area (Å²) in [5, 5.41) is 9.22. The Labute approximate surface area is 148 Å². The molecule has 0 saturated carbocycles. The number of ether oxygens (including phenoxy) is 1. The molecule has 1 amide bonds. The van der Waals surface area contributed by atoms with Gasteiger partial charge >= 0.3 is 5.97 Å². The number of carbonyl (C=O) groups is 2. The summed E-state index contributed by atoms with van der Waals surface area (Å²) in [6, 6.07) is 3.05. The number of aryl methyl sites for hydroxylation is 1. The van der Waals surface area contributed by atoms with Crippen LogP contribution in [0.4, 0.5) is 4.39 Å². The highest BCUT2D eigenvalue weighted by molar-refractivity contribution is 7.13. The van der Waals surface area contributed by atoms with Crippen LogP contribution in [0.25, 0.3) is 0 Å². The Morgan fingerprint density at radius 1 is 1.40 bits per heavy atom. The number of halogens is 1. The second-order valence-corrected chi connectivity index (χ2v) is 7.30. The van der Waals surface area contributed by atoms with E-state index in [4.69, 9.17) is 4.74 Å². The van der Waals surface area contributed by atoms with Crippen LogP contribution in [0.1, 0.15) is 34.3 Å². The minimum absolute atomic E-state index is 0.0223. The maximum atomic E-state index is 14.3. The molecule has 2 aliphatic rings. The average molecular weight is 363 g/mol. The highest BCUT2D eigenvalue weighted by atomic mass is 32.1. The van der Waals surface area contributed by atoms with E-state index in [0.717, 1.165) is 4.88 Å². The molecule has 5 nitrogen and oxygen atoms in total. The zero-order valence-corrected chi connectivity index (χ0v) is 14.9. The lowest BCUT2D eigenvalue weighted by atomic mass is 9.92. The lowest BCUT2D eigenvalue weighted by Gasteiger charge is -2.28. The molecular formula is C18H18FNO4S. The van der Waals surface area contributed by atoms with Gasteiger partial charge in [0.2, 0.25) is 0 Å². The van der Waals surface area contributed by atoms with Crippen molar-refractivity contribution in [3.05, 3.63) is 56.4 Å². The molecule has 25 heavy (non-hydrogen) atoms. The normalized spacial score (nSPS) is 19.9. The van der Waals surface area contributed by atoms with E-state index in [2.05, 4.69) is 0 Å². The van der Waals surface area contributed by atoms with Crippen molar-refractivity contribution in [2.75, 3.05) is 7.11 Å². The number of aliphatic carboxylic acids is 1. The first-order valence-corrected chi connectivity index (χ1v) is 8.61. The van der Waals surface area contributed by atoms with Gasteiger partial charge < -0.3 is 14.7 Å². The molecule has 7 heteroatoms. The van der Waals surface area contributed by atoms with Gasteiger partial charge in [-0.1, -0.05) is 0 Å². The fourth-order valence-electron chi connectivity index (χ4n) is 3.32. The van der Waals surface area contributed by atoms with Crippen LogP contribution in [0, 0.1) is 6.92 Å². The van der Waals surface area contributed by atoms with Gasteiger partial charge in [0.1, 0.15) is 5.83 Å². The molecule has 1 aromatic rings. The molecular weight excluding hydrogens is 345 g/mol. The second-order valence-electron chi connectivity index (χ2n) is 6.01. The first-order chi connectivity index (χ1) is 11.8. The molecule has 1 aromatic heterocycles. The molecule has 0 aromatic carbocycles. The minimum atomic E-state index is -0.996. The van der Waals surface area contributed by atoms with Gasteiger partial charge in [0.15, 0.2) is 5.76 Å². The molecule has 0 radical (unpaired) electrons. The van der Waals surface area contributed by atoms with E-state index in [9.17, 15) is 19.1 Å². The number of methoxy groups -OCH3 is 1. The predicted molar refractivity (Wildman–Crippen MR) is 91.8 cm³/mol. The van der Waals surface area contributed by atoms with Crippen molar-refractivity contribution in [1.82, 2.24) is 4.90 Å². The molecule has 0 spiro atoms. The predicted octanol–water partition coefficient (Wildman–Crippen LogP) is 3.79. The number of hydrogen-bond donors (Lipinski definition) is 1. The van der Waals surface area contributed by atoms with E-state index in [1.807, 2.05) is 13.0 Å². The van der Waals surface area contributed by atoms with Crippen LogP contribution in [0.5, 0.6) is 0 Å². The molecule has 1 unspecified atom stereocenters. The van der Waals surface area contributed by atoms with Crippen molar-refractivity contribution in [3.63, 3.8) is 0 Å². The zero-order valence-electron chi connectivity index (χ0n) is 14.1. The molecule has 0 fully saturated rings. The number of nitrogens with zero attached hydrogens (tertiary/aromatic N) is 1. The molecule has 3 rings (SSSR count). The van der Waals surface area contributed by atoms with Crippen LogP contribution in [-0.2, 0) is 9.53 Å². The van der Waals surface area contributed by atoms with Gasteiger partial charge in [-0.15, -0.1) is 11.3 Å². The van der Waals surface area contributed by atoms with E-state index in [-0.39, 0.29) is 24.5 Å². The smallest absolute Gasteiger partial charge is 0.307 e. The zero-order chi connectivity index (χ0) is 18.3. The van der Waals surface area contributed by atoms with Gasteiger partial charge in [0.25, 0.3) is 5.91 Å². The van der Waals surface area contributed by atoms with Gasteiger partial charge in [0, 0.05) is 17.0 Å². The first kappa shape index (κ1) is 17.4. The fraction of sp³-hybridized carbons (Fsp3) is 0.333. The monoisotopic (exact) mass is 363 g/mol. The third-order valence-corrected chi connectivity index (χ3v) is 5.45. The Morgan fingerprint density at radius 3 is 2.68 bits per heavy atom. The summed E-state index contributed by atoms with van der Waals surface area (Å²) >= 11 is 1.37. The molecule has 132 valence electrons. The van der Waals surface area contributed by atoms with Crippen LogP contribution in [0.3, 0.4) is 0 Å². The van der Waals surface area contributed by atoms with Gasteiger partial charge in [-0.2, -0.15) is 0 Å². The molecule has 1 aliphatic heterocycles. The van der Waals surface area contributed by atoms with Crippen molar-refractivity contribution in [2.24, 2.45) is 0 Å². The number of thiophene rings is 1. The number of hydrogen-bond acceptors (Lipinski definition) is 4. The SMILES string of the molecule is COC1=C(F)CC2C(=C1)C(CC(=O)O)=C(C)N2C(=O)c1ccc(C)s1. The average Bonchev–Trinajstić information content (AvgIpc) is 3.08. The van der Waals surface area contributed by atoms with Crippen LogP contribution in [0.2, 0.25) is 0 Å². The number of carboxylic acids is 1. The van der Waals surface area contributed by atoms with Gasteiger partial charge in [0.05, 0.1) is 24.4 Å². The molecule has 2 heterocycles. The Bertz CT molecular complexity index is 849. The highest BCUT2D eigenvalue weighted by Crippen LogP contribution is 2.43. The Balaban J connectivity index is 2.06. The third kappa shape index (κ3) is 3.00. The standard InChI is InChI=1S/C18H18FNO4S/c1-9-4-5-16(25-9)18(23)20-10(2)11(7-17(21)22)12-6-15(24-3)13(19)8-14(12)20/h4-6,14H,7-8H2,1-3H3,(H,21,22). The third-order valence-electron chi connectivity index (χ3n) is 4.46. The summed E-state index contributed by atoms with van der Waals surface area (Å²) in [4.78, 5) is 27.3. The fourth-order valence-corrected chi connectivity index (χ4v) is 4.12. The summed E-state index contributed by atoms with van der Waals surface area (Å²) < 4.78 is 19.3. The van der Waals surface area contributed by atoms with Crippen molar-refractivity contribution in [1.29, 1.82) is 0 Å². The number of rotatable bonds is 4. The lowest BCUT2D eigenvalue weighted by Crippen LogP contribution is -2.36. The lowest BCUT2D eigenvalue weighted by molar-refractivity contribution is -0.136. The summed E-state index contributed by atoms with van der Waals surface area (Å²) in [6.07, 6.45) is 1.27. The summed E-state index contributed by atoms with van der Waals surface area (Å²) in [6.45, 7) is 3.61. The number of carboxylic acid groups (broad SMARTS) is 1. The number of carbonyl (C=O) groups excluding carboxylic acids is 1. The maximum Gasteiger partial charge on any atom is 0.307 e.